The Hall–Kier alpha value is -3.85. The number of primary amides is 1. The van der Waals surface area contributed by atoms with Crippen LogP contribution in [0.1, 0.15) is 21.5 Å². The van der Waals surface area contributed by atoms with E-state index in [-0.39, 0.29) is 16.2 Å². The molecule has 0 unspecified atom stereocenters. The standard InChI is InChI=1S/C23H22N4O4S/c1-14-6-7-16(20-13-27-10-4-5-15(2)23(27)25-20)11-19(14)26-32(29,30)17-8-9-21(31-3)18(12-17)22(24)28/h4-13,26H,1-3H3,(H2,24,28). The number of pyridine rings is 1. The van der Waals surface area contributed by atoms with Crippen molar-refractivity contribution in [2.45, 2.75) is 18.7 Å². The van der Waals surface area contributed by atoms with Crippen LogP contribution >= 0.6 is 0 Å². The van der Waals surface area contributed by atoms with E-state index in [4.69, 9.17) is 10.5 Å². The van der Waals surface area contributed by atoms with Crippen molar-refractivity contribution < 1.29 is 17.9 Å². The third-order valence-electron chi connectivity index (χ3n) is 5.20. The molecule has 0 fully saturated rings. The van der Waals surface area contributed by atoms with E-state index in [1.807, 2.05) is 48.0 Å². The van der Waals surface area contributed by atoms with Crippen LogP contribution in [0.4, 0.5) is 5.69 Å². The number of imidazole rings is 1. The maximum absolute atomic E-state index is 13.0. The van der Waals surface area contributed by atoms with Gasteiger partial charge in [-0.25, -0.2) is 13.4 Å². The number of hydrogen-bond donors (Lipinski definition) is 2. The minimum absolute atomic E-state index is 0.0130. The monoisotopic (exact) mass is 450 g/mol. The number of sulfonamides is 1. The van der Waals surface area contributed by atoms with Gasteiger partial charge in [-0.15, -0.1) is 0 Å². The number of methoxy groups -OCH3 is 1. The van der Waals surface area contributed by atoms with E-state index in [9.17, 15) is 13.2 Å². The van der Waals surface area contributed by atoms with Crippen molar-refractivity contribution in [2.24, 2.45) is 5.73 Å². The largest absolute Gasteiger partial charge is 0.496 e. The number of ether oxygens (including phenoxy) is 1. The summed E-state index contributed by atoms with van der Waals surface area (Å²) < 4.78 is 35.7. The van der Waals surface area contributed by atoms with Crippen molar-refractivity contribution in [1.82, 2.24) is 9.38 Å². The number of anilines is 1. The molecule has 1 amide bonds. The SMILES string of the molecule is COc1ccc(S(=O)(=O)Nc2cc(-c3cn4cccc(C)c4n3)ccc2C)cc1C(N)=O. The number of nitrogens with one attached hydrogen (secondary N) is 1. The second-order valence-electron chi connectivity index (χ2n) is 7.41. The number of carbonyl (C=O) groups excluding carboxylic acids is 1. The molecule has 0 spiro atoms. The summed E-state index contributed by atoms with van der Waals surface area (Å²) in [5, 5.41) is 0. The molecule has 4 aromatic rings. The molecule has 2 aromatic heterocycles. The van der Waals surface area contributed by atoms with E-state index < -0.39 is 15.9 Å². The van der Waals surface area contributed by atoms with Crippen LogP contribution in [0.3, 0.4) is 0 Å². The van der Waals surface area contributed by atoms with Crippen molar-refractivity contribution >= 4 is 27.3 Å². The van der Waals surface area contributed by atoms with Crippen LogP contribution in [0.2, 0.25) is 0 Å². The Labute approximate surface area is 185 Å². The maximum Gasteiger partial charge on any atom is 0.261 e. The maximum atomic E-state index is 13.0. The molecule has 2 heterocycles. The van der Waals surface area contributed by atoms with Gasteiger partial charge in [0.05, 0.1) is 29.0 Å². The number of aromatic nitrogens is 2. The minimum atomic E-state index is -3.99. The molecule has 3 N–H and O–H groups in total. The first-order valence-corrected chi connectivity index (χ1v) is 11.2. The summed E-state index contributed by atoms with van der Waals surface area (Å²) >= 11 is 0. The highest BCUT2D eigenvalue weighted by molar-refractivity contribution is 7.92. The summed E-state index contributed by atoms with van der Waals surface area (Å²) in [5.41, 5.74) is 9.86. The van der Waals surface area contributed by atoms with Gasteiger partial charge in [-0.3, -0.25) is 9.52 Å². The summed E-state index contributed by atoms with van der Waals surface area (Å²) in [7, 11) is -2.61. The highest BCUT2D eigenvalue weighted by atomic mass is 32.2. The molecule has 0 radical (unpaired) electrons. The van der Waals surface area contributed by atoms with Crippen molar-refractivity contribution in [1.29, 1.82) is 0 Å². The average Bonchev–Trinajstić information content (AvgIpc) is 3.20. The molecule has 0 saturated heterocycles. The lowest BCUT2D eigenvalue weighted by Gasteiger charge is -2.13. The number of rotatable bonds is 6. The topological polar surface area (TPSA) is 116 Å². The molecule has 0 aliphatic rings. The predicted octanol–water partition coefficient (Wildman–Crippen LogP) is 3.53. The summed E-state index contributed by atoms with van der Waals surface area (Å²) in [4.78, 5) is 16.3. The van der Waals surface area contributed by atoms with E-state index >= 15 is 0 Å². The average molecular weight is 451 g/mol. The highest BCUT2D eigenvalue weighted by Crippen LogP contribution is 2.29. The third-order valence-corrected chi connectivity index (χ3v) is 6.57. The summed E-state index contributed by atoms with van der Waals surface area (Å²) in [6.45, 7) is 3.79. The highest BCUT2D eigenvalue weighted by Gasteiger charge is 2.20. The molecule has 2 aromatic carbocycles. The number of aryl methyl sites for hydroxylation is 2. The van der Waals surface area contributed by atoms with E-state index in [0.717, 1.165) is 28.0 Å². The summed E-state index contributed by atoms with van der Waals surface area (Å²) in [6, 6.07) is 13.3. The molecule has 0 bridgehead atoms. The van der Waals surface area contributed by atoms with Crippen LogP contribution in [-0.4, -0.2) is 30.8 Å². The third kappa shape index (κ3) is 3.90. The number of benzene rings is 2. The fraction of sp³-hybridized carbons (Fsp3) is 0.130. The molecule has 0 saturated carbocycles. The van der Waals surface area contributed by atoms with Gasteiger partial charge in [-0.2, -0.15) is 0 Å². The van der Waals surface area contributed by atoms with Crippen LogP contribution in [0.25, 0.3) is 16.9 Å². The lowest BCUT2D eigenvalue weighted by Crippen LogP contribution is -2.17. The Morgan fingerprint density at radius 1 is 1.09 bits per heavy atom. The zero-order valence-electron chi connectivity index (χ0n) is 17.8. The van der Waals surface area contributed by atoms with E-state index in [1.165, 1.54) is 25.3 Å². The molecule has 9 heteroatoms. The van der Waals surface area contributed by atoms with Gasteiger partial charge < -0.3 is 14.9 Å². The molecular weight excluding hydrogens is 428 g/mol. The van der Waals surface area contributed by atoms with Gasteiger partial charge in [0.25, 0.3) is 15.9 Å². The molecule has 0 aliphatic carbocycles. The first-order valence-electron chi connectivity index (χ1n) is 9.75. The van der Waals surface area contributed by atoms with Gasteiger partial charge >= 0.3 is 0 Å². The number of amides is 1. The molecule has 8 nitrogen and oxygen atoms in total. The van der Waals surface area contributed by atoms with Gasteiger partial charge in [-0.05, 0) is 55.3 Å². The second kappa shape index (κ2) is 8.01. The molecular formula is C23H22N4O4S. The van der Waals surface area contributed by atoms with Crippen molar-refractivity contribution in [3.8, 4) is 17.0 Å². The quantitative estimate of drug-likeness (QED) is 0.466. The van der Waals surface area contributed by atoms with Crippen LogP contribution in [0, 0.1) is 13.8 Å². The van der Waals surface area contributed by atoms with Crippen molar-refractivity contribution in [3.63, 3.8) is 0 Å². The van der Waals surface area contributed by atoms with Gasteiger partial charge in [0.2, 0.25) is 0 Å². The fourth-order valence-electron chi connectivity index (χ4n) is 3.43. The second-order valence-corrected chi connectivity index (χ2v) is 9.09. The van der Waals surface area contributed by atoms with E-state index in [0.29, 0.717) is 5.69 Å². The Kier molecular flexibility index (Phi) is 5.35. The zero-order chi connectivity index (χ0) is 23.0. The molecule has 4 rings (SSSR count). The Morgan fingerprint density at radius 3 is 2.56 bits per heavy atom. The van der Waals surface area contributed by atoms with Crippen LogP contribution in [0.5, 0.6) is 5.75 Å². The van der Waals surface area contributed by atoms with Gasteiger partial charge in [0, 0.05) is 18.0 Å². The van der Waals surface area contributed by atoms with Crippen LogP contribution in [0.15, 0.2) is 65.8 Å². The van der Waals surface area contributed by atoms with Crippen LogP contribution < -0.4 is 15.2 Å². The van der Waals surface area contributed by atoms with E-state index in [2.05, 4.69) is 9.71 Å². The lowest BCUT2D eigenvalue weighted by molar-refractivity contribution is 0.0997. The smallest absolute Gasteiger partial charge is 0.261 e. The summed E-state index contributed by atoms with van der Waals surface area (Å²) in [6.07, 6.45) is 3.81. The number of nitrogens with zero attached hydrogens (tertiary/aromatic N) is 2. The summed E-state index contributed by atoms with van der Waals surface area (Å²) in [5.74, 6) is -0.573. The molecule has 32 heavy (non-hydrogen) atoms. The number of fused-ring (bicyclic) bond motifs is 1. The normalized spacial score (nSPS) is 11.5. The number of carbonyl (C=O) groups is 1. The molecule has 0 aliphatic heterocycles. The first kappa shape index (κ1) is 21.4. The lowest BCUT2D eigenvalue weighted by atomic mass is 10.1. The van der Waals surface area contributed by atoms with Gasteiger partial charge in [0.1, 0.15) is 11.4 Å². The zero-order valence-corrected chi connectivity index (χ0v) is 18.6. The minimum Gasteiger partial charge on any atom is -0.496 e. The van der Waals surface area contributed by atoms with E-state index in [1.54, 1.807) is 13.0 Å². The molecule has 0 atom stereocenters. The Balaban J connectivity index is 1.72. The predicted molar refractivity (Wildman–Crippen MR) is 122 cm³/mol. The Morgan fingerprint density at radius 2 is 1.88 bits per heavy atom. The van der Waals surface area contributed by atoms with Gasteiger partial charge in [0.15, 0.2) is 0 Å². The first-order chi connectivity index (χ1) is 15.2. The van der Waals surface area contributed by atoms with Crippen molar-refractivity contribution in [2.75, 3.05) is 11.8 Å². The number of nitrogens with two attached hydrogens (primary N) is 1. The van der Waals surface area contributed by atoms with Crippen LogP contribution in [-0.2, 0) is 10.0 Å². The van der Waals surface area contributed by atoms with Gasteiger partial charge in [-0.1, -0.05) is 18.2 Å². The van der Waals surface area contributed by atoms with Crippen molar-refractivity contribution in [3.05, 3.63) is 77.6 Å². The Bertz CT molecular complexity index is 1460. The fourth-order valence-corrected chi connectivity index (χ4v) is 4.58. The number of hydrogen-bond acceptors (Lipinski definition) is 5. The molecule has 164 valence electrons.